The van der Waals surface area contributed by atoms with Crippen LogP contribution in [0.1, 0.15) is 73.3 Å². The fourth-order valence-electron chi connectivity index (χ4n) is 6.28. The van der Waals surface area contributed by atoms with Crippen molar-refractivity contribution in [2.45, 2.75) is 82.1 Å². The number of alkyl halides is 6. The van der Waals surface area contributed by atoms with Gasteiger partial charge in [0.25, 0.3) is 0 Å². The molecule has 3 aromatic rings. The highest BCUT2D eigenvalue weighted by Gasteiger charge is 2.40. The summed E-state index contributed by atoms with van der Waals surface area (Å²) < 4.78 is 88.5. The second kappa shape index (κ2) is 13.8. The van der Waals surface area contributed by atoms with Gasteiger partial charge < -0.3 is 15.0 Å². The van der Waals surface area contributed by atoms with Crippen molar-refractivity contribution in [3.05, 3.63) is 77.1 Å². The molecule has 5 rings (SSSR count). The molecule has 1 N–H and O–H groups in total. The first-order chi connectivity index (χ1) is 21.8. The van der Waals surface area contributed by atoms with Crippen molar-refractivity contribution >= 4 is 11.8 Å². The lowest BCUT2D eigenvalue weighted by molar-refractivity contribution is -0.143. The van der Waals surface area contributed by atoms with Gasteiger partial charge in [-0.05, 0) is 78.8 Å². The number of likely N-dealkylation sites (tertiary alicyclic amines) is 1. The number of nitrogens with zero attached hydrogens (tertiary/aromatic N) is 5. The summed E-state index contributed by atoms with van der Waals surface area (Å²) in [6, 6.07) is 10.6. The second-order valence-corrected chi connectivity index (χ2v) is 11.9. The summed E-state index contributed by atoms with van der Waals surface area (Å²) in [6.45, 7) is 2.06. The number of aromatic nitrogens is 4. The first-order valence-electron chi connectivity index (χ1n) is 15.1. The zero-order valence-electron chi connectivity index (χ0n) is 25.0. The maximum atomic E-state index is 13.6. The summed E-state index contributed by atoms with van der Waals surface area (Å²) >= 11 is 0. The molecule has 0 spiro atoms. The highest BCUT2D eigenvalue weighted by molar-refractivity contribution is 5.79. The Kier molecular flexibility index (Phi) is 9.99. The number of amides is 2. The number of piperidine rings is 1. The number of halogens is 6. The van der Waals surface area contributed by atoms with E-state index in [0.717, 1.165) is 5.56 Å². The normalized spacial score (nSPS) is 23.2. The molecule has 248 valence electrons. The van der Waals surface area contributed by atoms with Crippen molar-refractivity contribution in [2.24, 2.45) is 5.92 Å². The molecule has 2 aliphatic rings. The van der Waals surface area contributed by atoms with Gasteiger partial charge in [-0.25, -0.2) is 4.68 Å². The number of hydrogen-bond donors (Lipinski definition) is 1. The summed E-state index contributed by atoms with van der Waals surface area (Å²) in [5, 5.41) is 13.6. The third-order valence-corrected chi connectivity index (χ3v) is 8.69. The molecule has 0 radical (unpaired) electrons. The molecule has 1 saturated heterocycles. The van der Waals surface area contributed by atoms with E-state index in [2.05, 4.69) is 20.8 Å². The van der Waals surface area contributed by atoms with Crippen LogP contribution < -0.4 is 5.32 Å². The molecular weight excluding hydrogens is 618 g/mol. The van der Waals surface area contributed by atoms with Gasteiger partial charge in [-0.3, -0.25) is 9.59 Å². The molecule has 46 heavy (non-hydrogen) atoms. The van der Waals surface area contributed by atoms with Gasteiger partial charge in [0, 0.05) is 31.0 Å². The Balaban J connectivity index is 1.24. The Hall–Kier alpha value is -4.01. The molecule has 1 saturated carbocycles. The zero-order chi connectivity index (χ0) is 33.1. The standard InChI is InChI=1S/C31H34F6N6O3/c1-19(22-13-23(30(32,33)34)15-24(14-22)31(35,36)37)46-27-11-12-42(16-26(27)20-5-3-2-4-6-20)29(45)21-7-9-25(10-8-21)39-28(44)17-43-18-38-40-41-43/h2-6,13-15,18-19,21,25-27H,7-12,16-17H2,1H3,(H,39,44)/t19-,21-,25-,26+,27+/m1/s1. The van der Waals surface area contributed by atoms with Gasteiger partial charge in [0.15, 0.2) is 0 Å². The predicted octanol–water partition coefficient (Wildman–Crippen LogP) is 5.55. The van der Waals surface area contributed by atoms with Gasteiger partial charge in [-0.1, -0.05) is 30.3 Å². The summed E-state index contributed by atoms with van der Waals surface area (Å²) in [4.78, 5) is 27.7. The molecule has 2 aromatic carbocycles. The fourth-order valence-corrected chi connectivity index (χ4v) is 6.28. The number of tetrazole rings is 1. The van der Waals surface area contributed by atoms with Crippen LogP contribution >= 0.6 is 0 Å². The van der Waals surface area contributed by atoms with E-state index < -0.39 is 35.7 Å². The van der Waals surface area contributed by atoms with Crippen LogP contribution in [0.2, 0.25) is 0 Å². The Morgan fingerprint density at radius 1 is 0.957 bits per heavy atom. The molecule has 2 heterocycles. The molecule has 0 unspecified atom stereocenters. The van der Waals surface area contributed by atoms with E-state index in [1.165, 1.54) is 17.9 Å². The van der Waals surface area contributed by atoms with E-state index in [9.17, 15) is 35.9 Å². The molecule has 15 heteroatoms. The van der Waals surface area contributed by atoms with Crippen LogP contribution in [0.15, 0.2) is 54.9 Å². The van der Waals surface area contributed by atoms with Crippen LogP contribution in [-0.2, 0) is 33.2 Å². The molecule has 1 aromatic heterocycles. The van der Waals surface area contributed by atoms with E-state index in [-0.39, 0.29) is 47.9 Å². The molecule has 3 atom stereocenters. The number of ether oxygens (including phenoxy) is 1. The monoisotopic (exact) mass is 652 g/mol. The van der Waals surface area contributed by atoms with Crippen molar-refractivity contribution in [1.29, 1.82) is 0 Å². The van der Waals surface area contributed by atoms with Gasteiger partial charge in [0.2, 0.25) is 11.8 Å². The fraction of sp³-hybridized carbons (Fsp3) is 0.516. The van der Waals surface area contributed by atoms with Crippen molar-refractivity contribution in [3.63, 3.8) is 0 Å². The third kappa shape index (κ3) is 8.22. The SMILES string of the molecule is C[C@@H](O[C@H]1CCN(C(=O)[C@H]2CC[C@H](NC(=O)Cn3cnnn3)CC2)C[C@H]1c1ccccc1)c1cc(C(F)(F)F)cc(C(F)(F)F)c1. The third-order valence-electron chi connectivity index (χ3n) is 8.69. The maximum Gasteiger partial charge on any atom is 0.416 e. The largest absolute Gasteiger partial charge is 0.416 e. The first-order valence-corrected chi connectivity index (χ1v) is 15.1. The van der Waals surface area contributed by atoms with Crippen LogP contribution in [0.4, 0.5) is 26.3 Å². The number of carbonyl (C=O) groups excluding carboxylic acids is 2. The Bertz CT molecular complexity index is 1440. The maximum absolute atomic E-state index is 13.6. The van der Waals surface area contributed by atoms with Crippen molar-refractivity contribution in [1.82, 2.24) is 30.4 Å². The predicted molar refractivity (Wildman–Crippen MR) is 152 cm³/mol. The first kappa shape index (κ1) is 33.4. The van der Waals surface area contributed by atoms with Gasteiger partial charge in [-0.2, -0.15) is 26.3 Å². The molecule has 0 bridgehead atoms. The minimum atomic E-state index is -4.96. The summed E-state index contributed by atoms with van der Waals surface area (Å²) in [6.07, 6.45) is -7.41. The molecule has 9 nitrogen and oxygen atoms in total. The van der Waals surface area contributed by atoms with Crippen LogP contribution in [0, 0.1) is 5.92 Å². The summed E-state index contributed by atoms with van der Waals surface area (Å²) in [7, 11) is 0. The minimum Gasteiger partial charge on any atom is -0.370 e. The lowest BCUT2D eigenvalue weighted by atomic mass is 9.83. The van der Waals surface area contributed by atoms with Crippen molar-refractivity contribution < 1.29 is 40.7 Å². The number of benzene rings is 2. The quantitative estimate of drug-likeness (QED) is 0.321. The van der Waals surface area contributed by atoms with Crippen molar-refractivity contribution in [2.75, 3.05) is 13.1 Å². The Morgan fingerprint density at radius 3 is 2.20 bits per heavy atom. The number of rotatable bonds is 8. The zero-order valence-corrected chi connectivity index (χ0v) is 25.0. The number of nitrogens with one attached hydrogen (secondary N) is 1. The summed E-state index contributed by atoms with van der Waals surface area (Å²) in [5.74, 6) is -0.815. The highest BCUT2D eigenvalue weighted by Crippen LogP contribution is 2.40. The highest BCUT2D eigenvalue weighted by atomic mass is 19.4. The van der Waals surface area contributed by atoms with E-state index in [1.807, 2.05) is 30.3 Å². The van der Waals surface area contributed by atoms with Gasteiger partial charge in [-0.15, -0.1) is 5.10 Å². The molecule has 2 fully saturated rings. The minimum absolute atomic E-state index is 0.000375. The Morgan fingerprint density at radius 2 is 1.61 bits per heavy atom. The van der Waals surface area contributed by atoms with Crippen LogP contribution in [0.5, 0.6) is 0 Å². The second-order valence-electron chi connectivity index (χ2n) is 11.9. The number of carbonyl (C=O) groups is 2. The average molecular weight is 653 g/mol. The van der Waals surface area contributed by atoms with Gasteiger partial charge in [0.1, 0.15) is 12.9 Å². The average Bonchev–Trinajstić information content (AvgIpc) is 3.53. The summed E-state index contributed by atoms with van der Waals surface area (Å²) in [5.41, 5.74) is -2.16. The molecular formula is C31H34F6N6O3. The lowest BCUT2D eigenvalue weighted by Crippen LogP contribution is -2.49. The Labute approximate surface area is 261 Å². The van der Waals surface area contributed by atoms with Crippen LogP contribution in [0.3, 0.4) is 0 Å². The lowest BCUT2D eigenvalue weighted by Gasteiger charge is -2.42. The number of hydrogen-bond acceptors (Lipinski definition) is 6. The van der Waals surface area contributed by atoms with E-state index in [4.69, 9.17) is 4.74 Å². The van der Waals surface area contributed by atoms with Gasteiger partial charge >= 0.3 is 12.4 Å². The van der Waals surface area contributed by atoms with Gasteiger partial charge in [0.05, 0.1) is 23.3 Å². The van der Waals surface area contributed by atoms with Crippen LogP contribution in [0.25, 0.3) is 0 Å². The smallest absolute Gasteiger partial charge is 0.370 e. The topological polar surface area (TPSA) is 102 Å². The molecule has 1 aliphatic heterocycles. The van der Waals surface area contributed by atoms with E-state index >= 15 is 0 Å². The van der Waals surface area contributed by atoms with Crippen molar-refractivity contribution in [3.8, 4) is 0 Å². The molecule has 2 amide bonds. The van der Waals surface area contributed by atoms with Crippen LogP contribution in [-0.4, -0.2) is 62.2 Å². The van der Waals surface area contributed by atoms with E-state index in [0.29, 0.717) is 57.3 Å². The van der Waals surface area contributed by atoms with E-state index in [1.54, 1.807) is 4.90 Å². The molecule has 1 aliphatic carbocycles.